The summed E-state index contributed by atoms with van der Waals surface area (Å²) in [5.74, 6) is 3.47. The first-order valence-corrected chi connectivity index (χ1v) is 49.6. The van der Waals surface area contributed by atoms with Crippen molar-refractivity contribution in [3.63, 3.8) is 0 Å². The van der Waals surface area contributed by atoms with Gasteiger partial charge in [0.25, 0.3) is 0 Å². The molecule has 0 radical (unpaired) electrons. The Morgan fingerprint density at radius 3 is 0.643 bits per heavy atom. The number of hydrogen-bond acceptors (Lipinski definition) is 12. The summed E-state index contributed by atoms with van der Waals surface area (Å²) in [7, 11) is 0. The molecule has 0 saturated heterocycles. The van der Waals surface area contributed by atoms with Gasteiger partial charge in [-0.3, -0.25) is 0 Å². The van der Waals surface area contributed by atoms with Gasteiger partial charge < -0.3 is 61.3 Å². The molecule has 0 heterocycles. The van der Waals surface area contributed by atoms with E-state index in [0.717, 1.165) is 53.5 Å². The number of rotatable bonds is 12. The van der Waals surface area contributed by atoms with Crippen molar-refractivity contribution in [3.8, 4) is 80.1 Å². The highest BCUT2D eigenvalue weighted by Crippen LogP contribution is 2.46. The predicted octanol–water partition coefficient (Wildman–Crippen LogP) is 37.8. The molecule has 0 spiro atoms. The molecule has 0 atom stereocenters. The summed E-state index contributed by atoms with van der Waals surface area (Å²) in [5, 5.41) is 115. The number of phenols is 12. The number of aryl methyl sites for hydroxylation is 3. The number of aromatic hydroxyl groups is 12. The molecule has 14 aromatic rings. The summed E-state index contributed by atoms with van der Waals surface area (Å²) >= 11 is 6.57. The monoisotopic (exact) mass is 2110 g/mol. The normalized spacial score (nSPS) is 10.4. The fourth-order valence-corrected chi connectivity index (χ4v) is 14.4. The van der Waals surface area contributed by atoms with E-state index in [4.69, 9.17) is 15.3 Å². The van der Waals surface area contributed by atoms with Crippen molar-refractivity contribution in [2.45, 2.75) is 253 Å². The van der Waals surface area contributed by atoms with Crippen LogP contribution in [-0.4, -0.2) is 61.3 Å². The van der Waals surface area contributed by atoms with Gasteiger partial charge in [0.05, 0.1) is 25.6 Å². The van der Waals surface area contributed by atoms with Crippen LogP contribution in [0, 0.1) is 20.8 Å². The van der Waals surface area contributed by atoms with Crippen molar-refractivity contribution in [1.29, 1.82) is 0 Å². The molecule has 778 valence electrons. The van der Waals surface area contributed by atoms with Crippen molar-refractivity contribution in [1.82, 2.24) is 0 Å². The van der Waals surface area contributed by atoms with Gasteiger partial charge in [0.1, 0.15) is 57.5 Å². The number of benzene rings is 14. The molecule has 0 fully saturated rings. The smallest absolute Gasteiger partial charge is 0.416 e. The molecular weight excluding hydrogens is 1960 g/mol. The summed E-state index contributed by atoms with van der Waals surface area (Å²) in [5.41, 5.74) is 11.2. The minimum absolute atomic E-state index is 0.0452. The van der Waals surface area contributed by atoms with Crippen LogP contribution in [0.3, 0.4) is 0 Å². The molecular formula is C120H149Br2F9O12. The highest BCUT2D eigenvalue weighted by molar-refractivity contribution is 9.11. The van der Waals surface area contributed by atoms with Gasteiger partial charge >= 0.3 is 18.5 Å². The quantitative estimate of drug-likeness (QED) is 0.0404. The van der Waals surface area contributed by atoms with Crippen LogP contribution in [0.25, 0.3) is 21.9 Å². The minimum atomic E-state index is -4.24. The van der Waals surface area contributed by atoms with Gasteiger partial charge in [-0.15, -0.1) is 0 Å². The summed E-state index contributed by atoms with van der Waals surface area (Å²) < 4.78 is 113. The second-order valence-corrected chi connectivity index (χ2v) is 34.7. The zero-order valence-electron chi connectivity index (χ0n) is 87.4. The van der Waals surface area contributed by atoms with Crippen LogP contribution < -0.4 is 0 Å². The minimum Gasteiger partial charge on any atom is -0.508 e. The van der Waals surface area contributed by atoms with Crippen LogP contribution in [0.4, 0.5) is 39.5 Å². The lowest BCUT2D eigenvalue weighted by Crippen LogP contribution is -2.14. The van der Waals surface area contributed by atoms with Gasteiger partial charge in [0, 0.05) is 33.7 Å². The Kier molecular flexibility index (Phi) is 60.3. The standard InChI is InChI=1S/C26H22O4.C12H10O2.3C11H13F3.C10H8O2.C9H10Br2O.C9H12O2.C9H12O.6C2H6/c27-21-9-1-17(2-10-21)25(18-3-11-22(28)12-4-18)26(19-5-13-23(29)14-6-19)20-7-15-24(30)16-8-20;13-11-7-3-1-5-9(11)10-6-2-4-8-12(10)14;3*1-7(2)9-4-8(3)5-10(6-9)11(12,13)14;11-9-5-1-3-7-8(9)4-2-6-10(7)12;1-5(2)6-3-7(10)9(12)8(11)4-6;1-6(2)7-3-4-8(10)9(11)5-7;1-7(2)8-3-5-9(10)6-4-8;6*1-2/h1-16,25-30H;1-8,13-14H;3*4-7H,1-3H3;1-6,11-12H;3-5,12H,1-2H3;3-6,10-11H,1-2H3;3-7,10H,1-2H3;6*1-2H3. The molecule has 12 N–H and O–H groups in total. The third-order valence-electron chi connectivity index (χ3n) is 20.5. The number of phenolic OH excluding ortho intramolecular Hbond substituents is 12. The Hall–Kier alpha value is -12.7. The Balaban J connectivity index is 0.00000160. The molecule has 0 saturated carbocycles. The van der Waals surface area contributed by atoms with Gasteiger partial charge in [0.15, 0.2) is 11.5 Å². The van der Waals surface area contributed by atoms with Gasteiger partial charge in [0.2, 0.25) is 0 Å². The zero-order valence-corrected chi connectivity index (χ0v) is 90.5. The van der Waals surface area contributed by atoms with Crippen molar-refractivity contribution in [2.75, 3.05) is 0 Å². The van der Waals surface area contributed by atoms with E-state index >= 15 is 0 Å². The number of halogens is 11. The molecule has 0 unspecified atom stereocenters. The van der Waals surface area contributed by atoms with Crippen molar-refractivity contribution < 1.29 is 101 Å². The Morgan fingerprint density at radius 2 is 0.420 bits per heavy atom. The van der Waals surface area contributed by atoms with E-state index < -0.39 is 35.2 Å². The van der Waals surface area contributed by atoms with Crippen LogP contribution in [0.15, 0.2) is 300 Å². The van der Waals surface area contributed by atoms with Crippen LogP contribution in [0.5, 0.6) is 69.0 Å². The Bertz CT molecular complexity index is 5470. The van der Waals surface area contributed by atoms with Crippen LogP contribution >= 0.6 is 31.9 Å². The summed E-state index contributed by atoms with van der Waals surface area (Å²) in [6.07, 6.45) is -12.7. The molecule has 0 aliphatic heterocycles. The first-order valence-electron chi connectivity index (χ1n) is 48.0. The summed E-state index contributed by atoms with van der Waals surface area (Å²) in [6.45, 7) is 52.9. The zero-order chi connectivity index (χ0) is 110. The maximum Gasteiger partial charge on any atom is 0.416 e. The molecule has 23 heteroatoms. The topological polar surface area (TPSA) is 243 Å². The van der Waals surface area contributed by atoms with E-state index in [2.05, 4.69) is 59.6 Å². The number of para-hydroxylation sites is 2. The molecule has 12 nitrogen and oxygen atoms in total. The molecule has 14 aromatic carbocycles. The van der Waals surface area contributed by atoms with Crippen molar-refractivity contribution >= 4 is 42.6 Å². The lowest BCUT2D eigenvalue weighted by molar-refractivity contribution is -0.138. The highest BCUT2D eigenvalue weighted by Gasteiger charge is 2.34. The molecule has 143 heavy (non-hydrogen) atoms. The van der Waals surface area contributed by atoms with Gasteiger partial charge in [-0.1, -0.05) is 328 Å². The number of alkyl halides is 9. The highest BCUT2D eigenvalue weighted by atomic mass is 79.9. The number of hydrogen-bond donors (Lipinski definition) is 12. The molecule has 14 rings (SSSR count). The van der Waals surface area contributed by atoms with Crippen molar-refractivity contribution in [3.05, 3.63) is 389 Å². The predicted molar refractivity (Wildman–Crippen MR) is 581 cm³/mol. The largest absolute Gasteiger partial charge is 0.508 e. The molecule has 0 aromatic heterocycles. The maximum atomic E-state index is 12.4. The van der Waals surface area contributed by atoms with E-state index in [0.29, 0.717) is 62.1 Å². The Labute approximate surface area is 860 Å². The van der Waals surface area contributed by atoms with E-state index in [-0.39, 0.29) is 92.8 Å². The van der Waals surface area contributed by atoms with Gasteiger partial charge in [-0.05, 0) is 289 Å². The second-order valence-electron chi connectivity index (χ2n) is 33.0. The van der Waals surface area contributed by atoms with E-state index in [1.54, 1.807) is 185 Å². The SMILES string of the molecule is CC.CC.CC.CC.CC.CC.CC(C)c1cc(Br)c(O)c(Br)c1.CC(C)c1ccc(O)c(O)c1.CC(C)c1ccc(O)cc1.Cc1cc(C(C)C)cc(C(F)(F)F)c1.Cc1cc(C(C)C)cc(C(F)(F)F)c1.Cc1cc(C(C)C)cc(C(F)(F)F)c1.Oc1ccc(C(c2ccc(O)cc2)C(c2ccc(O)cc2)c2ccc(O)cc2)cc1.Oc1cccc2c(O)cccc12.Oc1ccccc1-c1ccccc1O. The van der Waals surface area contributed by atoms with Crippen LogP contribution in [0.1, 0.15) is 303 Å². The Morgan fingerprint density at radius 1 is 0.203 bits per heavy atom. The van der Waals surface area contributed by atoms with Crippen LogP contribution in [-0.2, 0) is 18.5 Å². The fraction of sp³-hybridized carbons (Fsp3) is 0.317. The van der Waals surface area contributed by atoms with Crippen molar-refractivity contribution in [2.24, 2.45) is 0 Å². The van der Waals surface area contributed by atoms with E-state index in [9.17, 15) is 85.5 Å². The maximum absolute atomic E-state index is 12.4. The number of fused-ring (bicyclic) bond motifs is 1. The first kappa shape index (κ1) is 130. The van der Waals surface area contributed by atoms with Gasteiger partial charge in [-0.25, -0.2) is 0 Å². The average Bonchev–Trinajstić information content (AvgIpc) is 0.776. The lowest BCUT2D eigenvalue weighted by atomic mass is 9.73. The molecule has 0 aliphatic rings. The second kappa shape index (κ2) is 66.2. The summed E-state index contributed by atoms with van der Waals surface area (Å²) in [6, 6.07) is 81.1. The van der Waals surface area contributed by atoms with E-state index in [1.165, 1.54) is 53.6 Å². The lowest BCUT2D eigenvalue weighted by Gasteiger charge is -2.29. The fourth-order valence-electron chi connectivity index (χ4n) is 13.2. The summed E-state index contributed by atoms with van der Waals surface area (Å²) in [4.78, 5) is 0. The molecule has 0 aliphatic carbocycles. The third-order valence-corrected chi connectivity index (χ3v) is 21.7. The molecule has 0 amide bonds. The van der Waals surface area contributed by atoms with E-state index in [1.807, 2.05) is 223 Å². The van der Waals surface area contributed by atoms with Crippen LogP contribution in [0.2, 0.25) is 0 Å². The van der Waals surface area contributed by atoms with Gasteiger partial charge in [-0.2, -0.15) is 39.5 Å². The third kappa shape index (κ3) is 45.6. The first-order chi connectivity index (χ1) is 67.3. The average molecular weight is 2110 g/mol. The molecule has 0 bridgehead atoms.